The molecule has 1 N–H and O–H groups in total. The van der Waals surface area contributed by atoms with Gasteiger partial charge in [0.05, 0.1) is 27.8 Å². The molecule has 0 saturated carbocycles. The zero-order valence-electron chi connectivity index (χ0n) is 15.3. The number of anilines is 1. The smallest absolute Gasteiger partial charge is 0.239 e. The molecule has 8 heteroatoms. The quantitative estimate of drug-likeness (QED) is 0.620. The van der Waals surface area contributed by atoms with Crippen LogP contribution in [-0.2, 0) is 16.1 Å². The summed E-state index contributed by atoms with van der Waals surface area (Å²) in [4.78, 5) is 21.6. The van der Waals surface area contributed by atoms with E-state index < -0.39 is 0 Å². The van der Waals surface area contributed by atoms with Gasteiger partial charge in [-0.3, -0.25) is 4.79 Å². The molecule has 2 heterocycles. The number of fused-ring (bicyclic) bond motifs is 1. The second kappa shape index (κ2) is 8.20. The maximum atomic E-state index is 12.6. The number of aromatic nitrogens is 3. The number of benzene rings is 1. The molecule has 1 aromatic carbocycles. The number of thiazole rings is 1. The third kappa shape index (κ3) is 4.08. The third-order valence-corrected chi connectivity index (χ3v) is 6.16. The van der Waals surface area contributed by atoms with E-state index in [-0.39, 0.29) is 11.2 Å². The summed E-state index contributed by atoms with van der Waals surface area (Å²) in [5, 5.41) is 4.09. The van der Waals surface area contributed by atoms with Crippen LogP contribution in [0.25, 0.3) is 10.2 Å². The topological polar surface area (TPSA) is 69.0 Å². The van der Waals surface area contributed by atoms with Crippen molar-refractivity contribution in [2.45, 2.75) is 37.7 Å². The van der Waals surface area contributed by atoms with Crippen LogP contribution in [0.15, 0.2) is 29.4 Å². The molecule has 1 amide bonds. The van der Waals surface area contributed by atoms with Crippen LogP contribution >= 0.6 is 23.1 Å². The Labute approximate surface area is 161 Å². The highest BCUT2D eigenvalue weighted by Crippen LogP contribution is 2.28. The molecule has 0 aliphatic carbocycles. The summed E-state index contributed by atoms with van der Waals surface area (Å²) in [6.07, 6.45) is 0. The van der Waals surface area contributed by atoms with Gasteiger partial charge >= 0.3 is 0 Å². The molecular formula is C18H22N4O2S2. The maximum Gasteiger partial charge on any atom is 0.239 e. The predicted molar refractivity (Wildman–Crippen MR) is 107 cm³/mol. The van der Waals surface area contributed by atoms with Crippen LogP contribution < -0.4 is 5.32 Å². The number of para-hydroxylation sites is 1. The van der Waals surface area contributed by atoms with Gasteiger partial charge in [0.25, 0.3) is 0 Å². The second-order valence-corrected chi connectivity index (χ2v) is 8.28. The van der Waals surface area contributed by atoms with E-state index in [1.165, 1.54) is 23.1 Å². The molecule has 0 radical (unpaired) electrons. The Hall–Kier alpha value is -1.90. The van der Waals surface area contributed by atoms with E-state index in [0.29, 0.717) is 11.7 Å². The Morgan fingerprint density at radius 1 is 1.35 bits per heavy atom. The van der Waals surface area contributed by atoms with Crippen molar-refractivity contribution in [1.29, 1.82) is 0 Å². The zero-order chi connectivity index (χ0) is 18.7. The van der Waals surface area contributed by atoms with Crippen LogP contribution in [0.5, 0.6) is 0 Å². The normalized spacial score (nSPS) is 12.5. The monoisotopic (exact) mass is 390 g/mol. The largest absolute Gasteiger partial charge is 0.383 e. The molecule has 1 unspecified atom stereocenters. The highest BCUT2D eigenvalue weighted by molar-refractivity contribution is 8.00. The predicted octanol–water partition coefficient (Wildman–Crippen LogP) is 3.88. The lowest BCUT2D eigenvalue weighted by Crippen LogP contribution is -2.23. The van der Waals surface area contributed by atoms with E-state index in [1.54, 1.807) is 7.11 Å². The van der Waals surface area contributed by atoms with E-state index in [0.717, 1.165) is 33.3 Å². The third-order valence-electron chi connectivity index (χ3n) is 4.12. The van der Waals surface area contributed by atoms with Crippen molar-refractivity contribution in [3.8, 4) is 0 Å². The van der Waals surface area contributed by atoms with Crippen LogP contribution in [0.4, 0.5) is 5.13 Å². The first-order valence-electron chi connectivity index (χ1n) is 8.35. The fraction of sp³-hybridized carbons (Fsp3) is 0.389. The van der Waals surface area contributed by atoms with Crippen LogP contribution in [0.2, 0.25) is 0 Å². The molecule has 2 aromatic heterocycles. The number of methoxy groups -OCH3 is 1. The summed E-state index contributed by atoms with van der Waals surface area (Å²) in [7, 11) is 1.68. The molecule has 3 aromatic rings. The van der Waals surface area contributed by atoms with Gasteiger partial charge in [0.1, 0.15) is 0 Å². The molecule has 3 rings (SSSR count). The summed E-state index contributed by atoms with van der Waals surface area (Å²) in [6, 6.07) is 7.85. The van der Waals surface area contributed by atoms with Crippen LogP contribution in [0.3, 0.4) is 0 Å². The first-order chi connectivity index (χ1) is 12.5. The lowest BCUT2D eigenvalue weighted by Gasteiger charge is -2.13. The van der Waals surface area contributed by atoms with Gasteiger partial charge in [-0.25, -0.2) is 9.97 Å². The highest BCUT2D eigenvalue weighted by Gasteiger charge is 2.20. The molecular weight excluding hydrogens is 368 g/mol. The first-order valence-corrected chi connectivity index (χ1v) is 10.0. The van der Waals surface area contributed by atoms with E-state index in [4.69, 9.17) is 4.74 Å². The average Bonchev–Trinajstić information content (AvgIpc) is 3.14. The number of amides is 1. The van der Waals surface area contributed by atoms with Gasteiger partial charge in [0, 0.05) is 19.3 Å². The molecule has 0 saturated heterocycles. The van der Waals surface area contributed by atoms with Crippen LogP contribution in [0.1, 0.15) is 18.3 Å². The van der Waals surface area contributed by atoms with Crippen molar-refractivity contribution in [3.05, 3.63) is 35.7 Å². The van der Waals surface area contributed by atoms with Crippen molar-refractivity contribution in [1.82, 2.24) is 14.5 Å². The van der Waals surface area contributed by atoms with Gasteiger partial charge in [0.2, 0.25) is 5.91 Å². The lowest BCUT2D eigenvalue weighted by molar-refractivity contribution is -0.115. The molecule has 0 bridgehead atoms. The number of hydrogen-bond acceptors (Lipinski definition) is 6. The SMILES string of the molecule is COCCn1c(SC(C)C(=O)Nc2nc3ccccc3s2)nc(C)c1C. The van der Waals surface area contributed by atoms with E-state index >= 15 is 0 Å². The minimum atomic E-state index is -0.287. The Morgan fingerprint density at radius 3 is 2.85 bits per heavy atom. The van der Waals surface area contributed by atoms with Gasteiger partial charge in [-0.15, -0.1) is 0 Å². The molecule has 26 heavy (non-hydrogen) atoms. The number of aryl methyl sites for hydroxylation is 1. The van der Waals surface area contributed by atoms with Gasteiger partial charge in [-0.05, 0) is 32.9 Å². The van der Waals surface area contributed by atoms with Crippen molar-refractivity contribution in [3.63, 3.8) is 0 Å². The summed E-state index contributed by atoms with van der Waals surface area (Å²) >= 11 is 2.93. The van der Waals surface area contributed by atoms with Gasteiger partial charge in [-0.1, -0.05) is 35.2 Å². The Kier molecular flexibility index (Phi) is 5.95. The number of ether oxygens (including phenoxy) is 1. The molecule has 1 atom stereocenters. The molecule has 0 spiro atoms. The summed E-state index contributed by atoms with van der Waals surface area (Å²) in [5.74, 6) is -0.0781. The number of thioether (sulfide) groups is 1. The van der Waals surface area contributed by atoms with E-state index in [9.17, 15) is 4.79 Å². The molecule has 6 nitrogen and oxygen atoms in total. The van der Waals surface area contributed by atoms with Gasteiger partial charge < -0.3 is 14.6 Å². The number of rotatable bonds is 7. The van der Waals surface area contributed by atoms with E-state index in [1.807, 2.05) is 45.0 Å². The summed E-state index contributed by atoms with van der Waals surface area (Å²) in [6.45, 7) is 7.23. The molecule has 0 aliphatic heterocycles. The first kappa shape index (κ1) is 18.9. The maximum absolute atomic E-state index is 12.6. The minimum absolute atomic E-state index is 0.0781. The Morgan fingerprint density at radius 2 is 2.12 bits per heavy atom. The molecule has 138 valence electrons. The number of imidazole rings is 1. The Bertz CT molecular complexity index is 886. The van der Waals surface area contributed by atoms with E-state index in [2.05, 4.69) is 19.9 Å². The molecule has 0 aliphatic rings. The Balaban J connectivity index is 1.70. The molecule has 0 fully saturated rings. The number of hydrogen-bond donors (Lipinski definition) is 1. The van der Waals surface area contributed by atoms with Gasteiger partial charge in [-0.2, -0.15) is 0 Å². The van der Waals surface area contributed by atoms with Crippen LogP contribution in [-0.4, -0.2) is 39.4 Å². The minimum Gasteiger partial charge on any atom is -0.383 e. The number of carbonyl (C=O) groups excluding carboxylic acids is 1. The van der Waals surface area contributed by atoms with Crippen molar-refractivity contribution >= 4 is 44.4 Å². The van der Waals surface area contributed by atoms with Crippen molar-refractivity contribution in [2.24, 2.45) is 0 Å². The van der Waals surface area contributed by atoms with Crippen molar-refractivity contribution in [2.75, 3.05) is 19.0 Å². The summed E-state index contributed by atoms with van der Waals surface area (Å²) in [5.41, 5.74) is 2.97. The number of nitrogens with zero attached hydrogens (tertiary/aromatic N) is 3. The van der Waals surface area contributed by atoms with Crippen LogP contribution in [0, 0.1) is 13.8 Å². The standard InChI is InChI=1S/C18H22N4O2S2/c1-11-12(2)22(9-10-24-4)18(19-11)25-13(3)16(23)21-17-20-14-7-5-6-8-15(14)26-17/h5-8,13H,9-10H2,1-4H3,(H,20,21,23). The lowest BCUT2D eigenvalue weighted by atomic mass is 10.3. The summed E-state index contributed by atoms with van der Waals surface area (Å²) < 4.78 is 8.34. The zero-order valence-corrected chi connectivity index (χ0v) is 16.9. The highest BCUT2D eigenvalue weighted by atomic mass is 32.2. The van der Waals surface area contributed by atoms with Crippen molar-refractivity contribution < 1.29 is 9.53 Å². The average molecular weight is 391 g/mol. The second-order valence-electron chi connectivity index (χ2n) is 5.95. The number of nitrogens with one attached hydrogen (secondary N) is 1. The number of carbonyl (C=O) groups is 1. The van der Waals surface area contributed by atoms with Gasteiger partial charge in [0.15, 0.2) is 10.3 Å². The fourth-order valence-electron chi connectivity index (χ4n) is 2.50. The fourth-order valence-corrected chi connectivity index (χ4v) is 4.40.